The van der Waals surface area contributed by atoms with Crippen LogP contribution in [0.25, 0.3) is 32.7 Å². The summed E-state index contributed by atoms with van der Waals surface area (Å²) < 4.78 is 0. The molecule has 0 bridgehead atoms. The number of rotatable bonds is 2. The molecule has 0 amide bonds. The molecule has 2 aliphatic carbocycles. The zero-order valence-corrected chi connectivity index (χ0v) is 29.3. The van der Waals surface area contributed by atoms with E-state index >= 15 is 0 Å². The van der Waals surface area contributed by atoms with Gasteiger partial charge in [-0.25, -0.2) is 23.3 Å². The van der Waals surface area contributed by atoms with E-state index in [9.17, 15) is 0 Å². The molecule has 40 heavy (non-hydrogen) atoms. The standard InChI is InChI=1S/2C16H13.C4H8Si.2ClH.Hf/c2*1-12-9-10-14(11-12)16-8-4-6-13-5-2-3-7-15(13)16;1-2-4-5-3-1;;;/h2*2-8,11H,10H2,1H3;1-4H2;2*1H;/q2*-1;;;;+4/p-2. The molecule has 200 valence electrons. The number of benzene rings is 4. The van der Waals surface area contributed by atoms with Gasteiger partial charge in [-0.05, 0) is 32.7 Å². The van der Waals surface area contributed by atoms with Crippen LogP contribution in [0.2, 0.25) is 12.1 Å². The summed E-state index contributed by atoms with van der Waals surface area (Å²) in [7, 11) is 1.31. The molecule has 0 spiro atoms. The maximum Gasteiger partial charge on any atom is 4.00 e. The quantitative estimate of drug-likeness (QED) is 0.215. The van der Waals surface area contributed by atoms with E-state index in [1.807, 2.05) is 0 Å². The van der Waals surface area contributed by atoms with Crippen molar-refractivity contribution in [2.45, 2.75) is 51.6 Å². The van der Waals surface area contributed by atoms with E-state index in [2.05, 4.69) is 123 Å². The Kier molecular flexibility index (Phi) is 14.6. The molecule has 1 heterocycles. The van der Waals surface area contributed by atoms with Crippen molar-refractivity contribution < 1.29 is 50.7 Å². The maximum absolute atomic E-state index is 3.36. The number of fused-ring (bicyclic) bond motifs is 2. The van der Waals surface area contributed by atoms with E-state index in [-0.39, 0.29) is 50.7 Å². The molecule has 4 aromatic rings. The number of hydrogen-bond donors (Lipinski definition) is 0. The molecule has 3 aliphatic rings. The monoisotopic (exact) mass is 744 g/mol. The molecule has 0 N–H and O–H groups in total. The van der Waals surface area contributed by atoms with Gasteiger partial charge in [0.05, 0.1) is 0 Å². The molecule has 4 aromatic carbocycles. The molecule has 0 aromatic heterocycles. The van der Waals surface area contributed by atoms with Crippen molar-refractivity contribution in [2.24, 2.45) is 0 Å². The Balaban J connectivity index is 0.000000225. The number of halogens is 2. The first kappa shape index (κ1) is 34.2. The van der Waals surface area contributed by atoms with Gasteiger partial charge in [-0.1, -0.05) is 124 Å². The molecule has 4 heteroatoms. The summed E-state index contributed by atoms with van der Waals surface area (Å²) in [4.78, 5) is 0. The Hall–Kier alpha value is -1.97. The molecule has 0 unspecified atom stereocenters. The van der Waals surface area contributed by atoms with Crippen LogP contribution in [0.3, 0.4) is 0 Å². The van der Waals surface area contributed by atoms with Gasteiger partial charge in [0.1, 0.15) is 0 Å². The zero-order chi connectivity index (χ0) is 25.5. The Labute approximate surface area is 274 Å². The molecule has 0 atom stereocenters. The van der Waals surface area contributed by atoms with Crippen LogP contribution in [-0.2, 0) is 25.8 Å². The van der Waals surface area contributed by atoms with Gasteiger partial charge in [-0.15, -0.1) is 24.0 Å². The van der Waals surface area contributed by atoms with Gasteiger partial charge in [0.25, 0.3) is 0 Å². The molecule has 0 nitrogen and oxygen atoms in total. The minimum Gasteiger partial charge on any atom is -1.00 e. The van der Waals surface area contributed by atoms with E-state index in [1.54, 1.807) is 0 Å². The minimum absolute atomic E-state index is 0. The van der Waals surface area contributed by atoms with Crippen LogP contribution < -0.4 is 24.8 Å². The maximum atomic E-state index is 3.36. The first-order chi connectivity index (χ1) is 18.2. The number of allylic oxidation sites excluding steroid dienone is 8. The van der Waals surface area contributed by atoms with Crippen molar-refractivity contribution in [2.75, 3.05) is 0 Å². The van der Waals surface area contributed by atoms with Crippen molar-refractivity contribution in [1.29, 1.82) is 0 Å². The van der Waals surface area contributed by atoms with Crippen molar-refractivity contribution in [1.82, 2.24) is 0 Å². The predicted molar refractivity (Wildman–Crippen MR) is 163 cm³/mol. The van der Waals surface area contributed by atoms with Crippen LogP contribution >= 0.6 is 0 Å². The summed E-state index contributed by atoms with van der Waals surface area (Å²) in [5.41, 5.74) is 7.97. The SMILES string of the molecule is C1CC[Si]C1.CC1=[C-]CC(c2cccc3ccccc23)=C1.CC1=[C-]CC(c2cccc3ccccc23)=C1.[Cl-].[Cl-].[Hf+4]. The third kappa shape index (κ3) is 8.76. The van der Waals surface area contributed by atoms with Gasteiger partial charge in [0.2, 0.25) is 0 Å². The number of hydrogen-bond acceptors (Lipinski definition) is 0. The summed E-state index contributed by atoms with van der Waals surface area (Å²) >= 11 is 0. The normalized spacial score (nSPS) is 15.1. The van der Waals surface area contributed by atoms with E-state index in [4.69, 9.17) is 0 Å². The van der Waals surface area contributed by atoms with Crippen LogP contribution in [0.4, 0.5) is 0 Å². The summed E-state index contributed by atoms with van der Waals surface area (Å²) in [6.45, 7) is 4.22. The van der Waals surface area contributed by atoms with Crippen LogP contribution in [0.15, 0.2) is 108 Å². The summed E-state index contributed by atoms with van der Waals surface area (Å²) in [6.07, 6.45) is 16.1. The van der Waals surface area contributed by atoms with Gasteiger partial charge in [0.15, 0.2) is 0 Å². The van der Waals surface area contributed by atoms with Crippen molar-refractivity contribution >= 4 is 42.2 Å². The summed E-state index contributed by atoms with van der Waals surface area (Å²) in [6, 6.07) is 33.2. The third-order valence-electron chi connectivity index (χ3n) is 7.13. The summed E-state index contributed by atoms with van der Waals surface area (Å²) in [5, 5.41) is 5.30. The van der Waals surface area contributed by atoms with Crippen LogP contribution in [0.5, 0.6) is 0 Å². The van der Waals surface area contributed by atoms with E-state index in [1.165, 1.54) is 89.4 Å². The average molecular weight is 744 g/mol. The first-order valence-corrected chi connectivity index (χ1v) is 14.8. The Morgan fingerprint density at radius 2 is 0.950 bits per heavy atom. The fourth-order valence-electron chi connectivity index (χ4n) is 5.18. The van der Waals surface area contributed by atoms with Gasteiger partial charge in [0, 0.05) is 9.52 Å². The largest absolute Gasteiger partial charge is 4.00 e. The van der Waals surface area contributed by atoms with E-state index in [0.717, 1.165) is 12.8 Å². The average Bonchev–Trinajstić information content (AvgIpc) is 3.73. The molecule has 7 rings (SSSR count). The summed E-state index contributed by atoms with van der Waals surface area (Å²) in [5.74, 6) is 0. The molecule has 2 radical (unpaired) electrons. The smallest absolute Gasteiger partial charge is 1.00 e. The predicted octanol–water partition coefficient (Wildman–Crippen LogP) is 4.08. The molecular formula is C36H34Cl2HfSi. The Morgan fingerprint density at radius 1 is 0.550 bits per heavy atom. The molecule has 1 saturated heterocycles. The van der Waals surface area contributed by atoms with Crippen LogP contribution in [0.1, 0.15) is 50.7 Å². The fraction of sp³-hybridized carbons (Fsp3) is 0.222. The van der Waals surface area contributed by atoms with Crippen molar-refractivity contribution in [3.63, 3.8) is 0 Å². The molecule has 1 fully saturated rings. The van der Waals surface area contributed by atoms with Crippen LogP contribution in [0, 0.1) is 12.2 Å². The first-order valence-electron chi connectivity index (χ1n) is 13.4. The van der Waals surface area contributed by atoms with Crippen molar-refractivity contribution in [3.05, 3.63) is 132 Å². The molecular weight excluding hydrogens is 710 g/mol. The van der Waals surface area contributed by atoms with Gasteiger partial charge >= 0.3 is 25.8 Å². The van der Waals surface area contributed by atoms with Gasteiger partial charge < -0.3 is 24.8 Å². The van der Waals surface area contributed by atoms with E-state index < -0.39 is 0 Å². The van der Waals surface area contributed by atoms with Gasteiger partial charge in [-0.3, -0.25) is 12.2 Å². The Bertz CT molecular complexity index is 1400. The minimum atomic E-state index is 0. The molecule has 0 saturated carbocycles. The van der Waals surface area contributed by atoms with Gasteiger partial charge in [-0.2, -0.15) is 0 Å². The van der Waals surface area contributed by atoms with Crippen LogP contribution in [-0.4, -0.2) is 9.52 Å². The third-order valence-corrected chi connectivity index (χ3v) is 8.54. The van der Waals surface area contributed by atoms with E-state index in [0.29, 0.717) is 0 Å². The second-order valence-corrected chi connectivity index (χ2v) is 11.4. The second-order valence-electron chi connectivity index (χ2n) is 9.92. The second kappa shape index (κ2) is 17.1. The fourth-order valence-corrected chi connectivity index (χ4v) is 6.43. The van der Waals surface area contributed by atoms with Crippen molar-refractivity contribution in [3.8, 4) is 0 Å². The topological polar surface area (TPSA) is 0 Å². The zero-order valence-electron chi connectivity index (χ0n) is 23.2. The Morgan fingerprint density at radius 3 is 1.30 bits per heavy atom. The molecule has 1 aliphatic heterocycles.